The van der Waals surface area contributed by atoms with Crippen molar-refractivity contribution < 1.29 is 0 Å². The molecule has 1 rings (SSSR count). The smallest absolute Gasteiger partial charge is 0.0965 e. The number of hydrogen-bond donors (Lipinski definition) is 1. The molecule has 2 N–H and O–H groups in total. The zero-order valence-electron chi connectivity index (χ0n) is 9.03. The van der Waals surface area contributed by atoms with Gasteiger partial charge in [0.2, 0.25) is 0 Å². The molecule has 1 aromatic rings. The number of thioether (sulfide) groups is 1. The molecule has 0 saturated carbocycles. The van der Waals surface area contributed by atoms with Crippen molar-refractivity contribution in [1.29, 1.82) is 0 Å². The van der Waals surface area contributed by atoms with Crippen LogP contribution in [-0.2, 0) is 0 Å². The quantitative estimate of drug-likeness (QED) is 0.776. The Labute approximate surface area is 90.3 Å². The normalized spacial score (nSPS) is 15.1. The molecule has 14 heavy (non-hydrogen) atoms. The van der Waals surface area contributed by atoms with Crippen LogP contribution in [0, 0.1) is 0 Å². The second kappa shape index (κ2) is 5.37. The van der Waals surface area contributed by atoms with E-state index in [9.17, 15) is 0 Å². The first-order chi connectivity index (χ1) is 6.63. The summed E-state index contributed by atoms with van der Waals surface area (Å²) in [5.41, 5.74) is 6.97. The maximum Gasteiger partial charge on any atom is 0.0965 e. The van der Waals surface area contributed by atoms with Gasteiger partial charge in [-0.25, -0.2) is 4.98 Å². The molecule has 0 saturated heterocycles. The molecule has 0 bridgehead atoms. The fraction of sp³-hybridized carbons (Fsp3) is 0.545. The van der Waals surface area contributed by atoms with E-state index in [1.807, 2.05) is 30.9 Å². The Hall–Kier alpha value is -0.540. The Kier molecular flexibility index (Phi) is 4.42. The molecule has 0 radical (unpaired) electrons. The van der Waals surface area contributed by atoms with E-state index in [-0.39, 0.29) is 6.04 Å². The van der Waals surface area contributed by atoms with Gasteiger partial charge in [-0.3, -0.25) is 0 Å². The monoisotopic (exact) mass is 210 g/mol. The Morgan fingerprint density at radius 1 is 1.50 bits per heavy atom. The van der Waals surface area contributed by atoms with Crippen molar-refractivity contribution in [3.8, 4) is 0 Å². The lowest BCUT2D eigenvalue weighted by Gasteiger charge is -2.10. The lowest BCUT2D eigenvalue weighted by molar-refractivity contribution is 0.807. The lowest BCUT2D eigenvalue weighted by atomic mass is 10.1. The van der Waals surface area contributed by atoms with E-state index in [0.29, 0.717) is 5.25 Å². The highest BCUT2D eigenvalue weighted by atomic mass is 32.2. The van der Waals surface area contributed by atoms with Gasteiger partial charge in [0.15, 0.2) is 0 Å². The standard InChI is InChI=1S/C11H18N2S/c1-4-8(2)14-11-7-10(9(3)12)5-6-13-11/h5-9H,4,12H2,1-3H3. The Balaban J connectivity index is 2.73. The van der Waals surface area contributed by atoms with Crippen LogP contribution in [-0.4, -0.2) is 10.2 Å². The predicted octanol–water partition coefficient (Wildman–Crippen LogP) is 2.99. The van der Waals surface area contributed by atoms with Crippen molar-refractivity contribution in [2.75, 3.05) is 0 Å². The van der Waals surface area contributed by atoms with E-state index in [1.165, 1.54) is 0 Å². The van der Waals surface area contributed by atoms with E-state index in [2.05, 4.69) is 24.9 Å². The zero-order chi connectivity index (χ0) is 10.6. The van der Waals surface area contributed by atoms with Crippen molar-refractivity contribution in [3.63, 3.8) is 0 Å². The molecule has 78 valence electrons. The van der Waals surface area contributed by atoms with Crippen LogP contribution in [0.3, 0.4) is 0 Å². The number of aromatic nitrogens is 1. The fourth-order valence-corrected chi connectivity index (χ4v) is 1.97. The van der Waals surface area contributed by atoms with Crippen molar-refractivity contribution >= 4 is 11.8 Å². The third-order valence-electron chi connectivity index (χ3n) is 2.18. The van der Waals surface area contributed by atoms with E-state index < -0.39 is 0 Å². The Morgan fingerprint density at radius 3 is 2.79 bits per heavy atom. The van der Waals surface area contributed by atoms with Crippen molar-refractivity contribution in [3.05, 3.63) is 23.9 Å². The van der Waals surface area contributed by atoms with Gasteiger partial charge in [-0.15, -0.1) is 11.8 Å². The molecular formula is C11H18N2S. The fourth-order valence-electron chi connectivity index (χ4n) is 1.06. The van der Waals surface area contributed by atoms with Gasteiger partial charge in [0.25, 0.3) is 0 Å². The molecule has 0 amide bonds. The summed E-state index contributed by atoms with van der Waals surface area (Å²) >= 11 is 1.81. The molecule has 2 nitrogen and oxygen atoms in total. The minimum Gasteiger partial charge on any atom is -0.324 e. The third kappa shape index (κ3) is 3.31. The van der Waals surface area contributed by atoms with Crippen LogP contribution in [0.4, 0.5) is 0 Å². The molecule has 0 spiro atoms. The van der Waals surface area contributed by atoms with Crippen molar-refractivity contribution in [1.82, 2.24) is 4.98 Å². The molecule has 0 aliphatic carbocycles. The van der Waals surface area contributed by atoms with Crippen LogP contribution < -0.4 is 5.73 Å². The Bertz CT molecular complexity index is 286. The summed E-state index contributed by atoms with van der Waals surface area (Å²) in [4.78, 5) is 4.32. The number of nitrogens with two attached hydrogens (primary N) is 1. The number of nitrogens with zero attached hydrogens (tertiary/aromatic N) is 1. The maximum absolute atomic E-state index is 5.81. The van der Waals surface area contributed by atoms with Gasteiger partial charge in [-0.2, -0.15) is 0 Å². The summed E-state index contributed by atoms with van der Waals surface area (Å²) in [5.74, 6) is 0. The lowest BCUT2D eigenvalue weighted by Crippen LogP contribution is -2.05. The van der Waals surface area contributed by atoms with Gasteiger partial charge in [0.1, 0.15) is 0 Å². The van der Waals surface area contributed by atoms with Crippen LogP contribution in [0.2, 0.25) is 0 Å². The van der Waals surface area contributed by atoms with Gasteiger partial charge in [0, 0.05) is 17.5 Å². The van der Waals surface area contributed by atoms with Crippen molar-refractivity contribution in [2.24, 2.45) is 5.73 Å². The minimum atomic E-state index is 0.0919. The second-order valence-electron chi connectivity index (χ2n) is 3.55. The first kappa shape index (κ1) is 11.5. The predicted molar refractivity (Wildman–Crippen MR) is 62.4 cm³/mol. The van der Waals surface area contributed by atoms with Crippen LogP contribution in [0.15, 0.2) is 23.4 Å². The average Bonchev–Trinajstić information content (AvgIpc) is 2.18. The third-order valence-corrected chi connectivity index (χ3v) is 3.38. The molecule has 1 heterocycles. The number of hydrogen-bond acceptors (Lipinski definition) is 3. The highest BCUT2D eigenvalue weighted by Gasteiger charge is 2.05. The molecule has 0 aromatic carbocycles. The van der Waals surface area contributed by atoms with Crippen LogP contribution in [0.5, 0.6) is 0 Å². The molecule has 0 aliphatic rings. The SMILES string of the molecule is CCC(C)Sc1cc(C(C)N)ccn1. The van der Waals surface area contributed by atoms with Crippen LogP contribution in [0.25, 0.3) is 0 Å². The van der Waals surface area contributed by atoms with Gasteiger partial charge in [0.05, 0.1) is 5.03 Å². The minimum absolute atomic E-state index is 0.0919. The highest BCUT2D eigenvalue weighted by Crippen LogP contribution is 2.24. The van der Waals surface area contributed by atoms with E-state index in [0.717, 1.165) is 17.0 Å². The van der Waals surface area contributed by atoms with Gasteiger partial charge in [-0.05, 0) is 31.0 Å². The summed E-state index contributed by atoms with van der Waals surface area (Å²) in [6.45, 7) is 6.39. The molecular weight excluding hydrogens is 192 g/mol. The Morgan fingerprint density at radius 2 is 2.21 bits per heavy atom. The van der Waals surface area contributed by atoms with Crippen LogP contribution in [0.1, 0.15) is 38.8 Å². The average molecular weight is 210 g/mol. The molecule has 1 aromatic heterocycles. The van der Waals surface area contributed by atoms with Gasteiger partial charge < -0.3 is 5.73 Å². The van der Waals surface area contributed by atoms with E-state index >= 15 is 0 Å². The highest BCUT2D eigenvalue weighted by molar-refractivity contribution is 7.99. The number of pyridine rings is 1. The largest absolute Gasteiger partial charge is 0.324 e. The first-order valence-electron chi connectivity index (χ1n) is 5.01. The van der Waals surface area contributed by atoms with Gasteiger partial charge in [-0.1, -0.05) is 13.8 Å². The maximum atomic E-state index is 5.81. The van der Waals surface area contributed by atoms with Crippen LogP contribution >= 0.6 is 11.8 Å². The first-order valence-corrected chi connectivity index (χ1v) is 5.89. The summed E-state index contributed by atoms with van der Waals surface area (Å²) in [6.07, 6.45) is 3.00. The summed E-state index contributed by atoms with van der Waals surface area (Å²) in [7, 11) is 0. The van der Waals surface area contributed by atoms with Crippen molar-refractivity contribution in [2.45, 2.75) is 43.5 Å². The summed E-state index contributed by atoms with van der Waals surface area (Å²) in [6, 6.07) is 4.15. The number of rotatable bonds is 4. The topological polar surface area (TPSA) is 38.9 Å². The molecule has 2 unspecified atom stereocenters. The molecule has 3 heteroatoms. The zero-order valence-corrected chi connectivity index (χ0v) is 9.84. The van der Waals surface area contributed by atoms with Gasteiger partial charge >= 0.3 is 0 Å². The van der Waals surface area contributed by atoms with E-state index in [4.69, 9.17) is 5.73 Å². The molecule has 2 atom stereocenters. The summed E-state index contributed by atoms with van der Waals surface area (Å²) in [5, 5.41) is 1.69. The summed E-state index contributed by atoms with van der Waals surface area (Å²) < 4.78 is 0. The van der Waals surface area contributed by atoms with E-state index in [1.54, 1.807) is 0 Å². The molecule has 0 fully saturated rings. The molecule has 0 aliphatic heterocycles. The second-order valence-corrected chi connectivity index (χ2v) is 5.01.